The fourth-order valence-corrected chi connectivity index (χ4v) is 2.85. The van der Waals surface area contributed by atoms with Crippen molar-refractivity contribution in [3.63, 3.8) is 0 Å². The summed E-state index contributed by atoms with van der Waals surface area (Å²) >= 11 is 0. The maximum absolute atomic E-state index is 13.7. The number of rotatable bonds is 5. The van der Waals surface area contributed by atoms with Crippen molar-refractivity contribution in [1.29, 1.82) is 0 Å². The Hall–Kier alpha value is -3.49. The van der Waals surface area contributed by atoms with Gasteiger partial charge in [-0.3, -0.25) is 14.2 Å². The van der Waals surface area contributed by atoms with Crippen molar-refractivity contribution in [3.05, 3.63) is 82.0 Å². The molecule has 0 saturated heterocycles. The second-order valence-electron chi connectivity index (χ2n) is 6.49. The normalized spacial score (nSPS) is 11.4. The van der Waals surface area contributed by atoms with Crippen LogP contribution in [0.5, 0.6) is 0 Å². The minimum atomic E-state index is -4.55. The molecule has 0 bridgehead atoms. The molecule has 0 aliphatic rings. The average molecular weight is 419 g/mol. The third kappa shape index (κ3) is 4.91. The lowest BCUT2D eigenvalue weighted by molar-refractivity contribution is -0.137. The maximum Gasteiger partial charge on any atom is 0.416 e. The number of aromatic nitrogens is 2. The molecule has 1 heterocycles. The molecule has 0 aliphatic heterocycles. The monoisotopic (exact) mass is 419 g/mol. The predicted octanol–water partition coefficient (Wildman–Crippen LogP) is 4.27. The van der Waals surface area contributed by atoms with E-state index >= 15 is 0 Å². The Morgan fingerprint density at radius 3 is 2.50 bits per heavy atom. The van der Waals surface area contributed by atoms with Crippen LogP contribution in [-0.4, -0.2) is 15.5 Å². The van der Waals surface area contributed by atoms with Crippen molar-refractivity contribution < 1.29 is 22.4 Å². The molecule has 3 aromatic rings. The summed E-state index contributed by atoms with van der Waals surface area (Å²) in [5.41, 5.74) is -0.733. The fraction of sp³-hybridized carbons (Fsp3) is 0.190. The number of aryl methyl sites for hydroxylation is 1. The van der Waals surface area contributed by atoms with Gasteiger partial charge in [-0.1, -0.05) is 25.1 Å². The van der Waals surface area contributed by atoms with Crippen molar-refractivity contribution in [3.8, 4) is 11.4 Å². The average Bonchev–Trinajstić information content (AvgIpc) is 2.68. The molecule has 0 atom stereocenters. The number of nitrogens with one attached hydrogen (secondary N) is 1. The van der Waals surface area contributed by atoms with Crippen LogP contribution in [0.2, 0.25) is 0 Å². The second kappa shape index (κ2) is 8.48. The SMILES string of the molecule is CCc1cc(=O)n(CC(=O)Nc2cccc(C(F)(F)F)c2)c(-c2cccc(F)c2)n1. The molecule has 0 spiro atoms. The van der Waals surface area contributed by atoms with E-state index in [1.807, 2.05) is 0 Å². The number of amides is 1. The van der Waals surface area contributed by atoms with Gasteiger partial charge in [0.05, 0.1) is 5.56 Å². The number of alkyl halides is 3. The molecule has 2 aromatic carbocycles. The van der Waals surface area contributed by atoms with Gasteiger partial charge >= 0.3 is 6.18 Å². The predicted molar refractivity (Wildman–Crippen MR) is 103 cm³/mol. The third-order valence-corrected chi connectivity index (χ3v) is 4.28. The number of anilines is 1. The number of carbonyl (C=O) groups is 1. The van der Waals surface area contributed by atoms with E-state index < -0.39 is 35.6 Å². The molecule has 0 unspecified atom stereocenters. The lowest BCUT2D eigenvalue weighted by Crippen LogP contribution is -2.30. The highest BCUT2D eigenvalue weighted by molar-refractivity contribution is 5.90. The highest BCUT2D eigenvalue weighted by atomic mass is 19.4. The molecule has 0 radical (unpaired) electrons. The summed E-state index contributed by atoms with van der Waals surface area (Å²) in [7, 11) is 0. The first kappa shape index (κ1) is 21.2. The number of carbonyl (C=O) groups excluding carboxylic acids is 1. The van der Waals surface area contributed by atoms with E-state index in [0.717, 1.165) is 16.7 Å². The van der Waals surface area contributed by atoms with Crippen molar-refractivity contribution in [2.75, 3.05) is 5.32 Å². The zero-order valence-electron chi connectivity index (χ0n) is 15.8. The van der Waals surface area contributed by atoms with E-state index in [0.29, 0.717) is 17.7 Å². The molecular formula is C21H17F4N3O2. The van der Waals surface area contributed by atoms with E-state index in [2.05, 4.69) is 10.3 Å². The van der Waals surface area contributed by atoms with Crippen molar-refractivity contribution in [1.82, 2.24) is 9.55 Å². The Labute approximate surface area is 169 Å². The molecule has 156 valence electrons. The molecule has 0 fully saturated rings. The Bertz CT molecular complexity index is 1140. The number of halogens is 4. The molecule has 1 N–H and O–H groups in total. The minimum absolute atomic E-state index is 0.0617. The van der Waals surface area contributed by atoms with Gasteiger partial charge < -0.3 is 5.32 Å². The number of benzene rings is 2. The Morgan fingerprint density at radius 2 is 1.83 bits per heavy atom. The fourth-order valence-electron chi connectivity index (χ4n) is 2.85. The van der Waals surface area contributed by atoms with Crippen molar-refractivity contribution in [2.24, 2.45) is 0 Å². The molecule has 30 heavy (non-hydrogen) atoms. The molecular weight excluding hydrogens is 402 g/mol. The molecule has 0 saturated carbocycles. The quantitative estimate of drug-likeness (QED) is 0.629. The van der Waals surface area contributed by atoms with Gasteiger partial charge in [0.15, 0.2) is 0 Å². The van der Waals surface area contributed by atoms with Crippen LogP contribution in [0.25, 0.3) is 11.4 Å². The Balaban J connectivity index is 1.93. The first-order valence-electron chi connectivity index (χ1n) is 9.01. The summed E-state index contributed by atoms with van der Waals surface area (Å²) in [5, 5.41) is 2.35. The van der Waals surface area contributed by atoms with Crippen LogP contribution in [0.4, 0.5) is 23.2 Å². The highest BCUT2D eigenvalue weighted by Crippen LogP contribution is 2.30. The summed E-state index contributed by atoms with van der Waals surface area (Å²) in [6.07, 6.45) is -4.10. The van der Waals surface area contributed by atoms with Crippen LogP contribution in [-0.2, 0) is 23.9 Å². The highest BCUT2D eigenvalue weighted by Gasteiger charge is 2.30. The van der Waals surface area contributed by atoms with Crippen LogP contribution >= 0.6 is 0 Å². The number of hydrogen-bond donors (Lipinski definition) is 1. The largest absolute Gasteiger partial charge is 0.416 e. The maximum atomic E-state index is 13.7. The summed E-state index contributed by atoms with van der Waals surface area (Å²) in [6.45, 7) is 1.29. The van der Waals surface area contributed by atoms with Gasteiger partial charge in [0.2, 0.25) is 5.91 Å². The zero-order chi connectivity index (χ0) is 21.9. The lowest BCUT2D eigenvalue weighted by atomic mass is 10.2. The van der Waals surface area contributed by atoms with Crippen LogP contribution in [0.15, 0.2) is 59.4 Å². The van der Waals surface area contributed by atoms with Gasteiger partial charge in [0, 0.05) is 23.0 Å². The van der Waals surface area contributed by atoms with Crippen molar-refractivity contribution >= 4 is 11.6 Å². The van der Waals surface area contributed by atoms with Gasteiger partial charge in [-0.25, -0.2) is 9.37 Å². The van der Waals surface area contributed by atoms with E-state index in [-0.39, 0.29) is 11.5 Å². The topological polar surface area (TPSA) is 64.0 Å². The summed E-state index contributed by atoms with van der Waals surface area (Å²) in [4.78, 5) is 29.3. The van der Waals surface area contributed by atoms with Gasteiger partial charge in [-0.2, -0.15) is 13.2 Å². The standard InChI is InChI=1S/C21H17F4N3O2/c1-2-16-11-19(30)28(20(27-16)13-5-3-7-15(22)9-13)12-18(29)26-17-8-4-6-14(10-17)21(23,24)25/h3-11H,2,12H2,1H3,(H,26,29). The lowest BCUT2D eigenvalue weighted by Gasteiger charge is -2.14. The molecule has 1 amide bonds. The zero-order valence-corrected chi connectivity index (χ0v) is 15.8. The summed E-state index contributed by atoms with van der Waals surface area (Å²) < 4.78 is 53.3. The molecule has 5 nitrogen and oxygen atoms in total. The second-order valence-corrected chi connectivity index (χ2v) is 6.49. The van der Waals surface area contributed by atoms with Crippen LogP contribution in [0.3, 0.4) is 0 Å². The molecule has 1 aromatic heterocycles. The Kier molecular flexibility index (Phi) is 6.00. The van der Waals surface area contributed by atoms with E-state index in [4.69, 9.17) is 0 Å². The minimum Gasteiger partial charge on any atom is -0.325 e. The van der Waals surface area contributed by atoms with E-state index in [1.54, 1.807) is 13.0 Å². The van der Waals surface area contributed by atoms with Gasteiger partial charge in [-0.15, -0.1) is 0 Å². The van der Waals surface area contributed by atoms with Gasteiger partial charge in [-0.05, 0) is 36.8 Å². The van der Waals surface area contributed by atoms with Gasteiger partial charge in [0.25, 0.3) is 5.56 Å². The van der Waals surface area contributed by atoms with Crippen LogP contribution in [0.1, 0.15) is 18.2 Å². The molecule has 3 rings (SSSR count). The summed E-state index contributed by atoms with van der Waals surface area (Å²) in [6, 6.07) is 10.8. The molecule has 0 aliphatic carbocycles. The Morgan fingerprint density at radius 1 is 1.10 bits per heavy atom. The number of nitrogens with zero attached hydrogens (tertiary/aromatic N) is 2. The van der Waals surface area contributed by atoms with Gasteiger partial charge in [0.1, 0.15) is 18.2 Å². The van der Waals surface area contributed by atoms with E-state index in [9.17, 15) is 27.2 Å². The molecule has 9 heteroatoms. The first-order valence-corrected chi connectivity index (χ1v) is 9.01. The van der Waals surface area contributed by atoms with E-state index in [1.165, 1.54) is 36.4 Å². The van der Waals surface area contributed by atoms with Crippen LogP contribution in [0, 0.1) is 5.82 Å². The first-order chi connectivity index (χ1) is 14.2. The number of hydrogen-bond acceptors (Lipinski definition) is 3. The third-order valence-electron chi connectivity index (χ3n) is 4.28. The summed E-state index contributed by atoms with van der Waals surface area (Å²) in [5.74, 6) is -1.17. The van der Waals surface area contributed by atoms with Crippen LogP contribution < -0.4 is 10.9 Å². The smallest absolute Gasteiger partial charge is 0.325 e. The van der Waals surface area contributed by atoms with Crippen molar-refractivity contribution in [2.45, 2.75) is 26.1 Å².